The number of hydrogen-bond acceptors (Lipinski definition) is 5. The van der Waals surface area contributed by atoms with Crippen molar-refractivity contribution in [1.29, 1.82) is 0 Å². The number of likely N-dealkylation sites (tertiary alicyclic amines) is 1. The van der Waals surface area contributed by atoms with Gasteiger partial charge in [0.2, 0.25) is 0 Å². The Morgan fingerprint density at radius 2 is 1.83 bits per heavy atom. The maximum atomic E-state index is 12.9. The summed E-state index contributed by atoms with van der Waals surface area (Å²) in [6.45, 7) is 7.14. The molecular formula is C23H31N3O4. The molecule has 1 aliphatic carbocycles. The van der Waals surface area contributed by atoms with E-state index >= 15 is 0 Å². The third-order valence-electron chi connectivity index (χ3n) is 6.65. The number of piperidine rings is 1. The Labute approximate surface area is 176 Å². The largest absolute Gasteiger partial charge is 0.508 e. The molecule has 2 heterocycles. The van der Waals surface area contributed by atoms with Gasteiger partial charge in [-0.3, -0.25) is 9.36 Å². The minimum atomic E-state index is -0.470. The highest BCUT2D eigenvalue weighted by Crippen LogP contribution is 2.47. The molecule has 4 rings (SSSR count). The molecule has 162 valence electrons. The summed E-state index contributed by atoms with van der Waals surface area (Å²) in [7, 11) is 0. The Balaban J connectivity index is 1.40. The number of fused-ring (bicyclic) bond motifs is 1. The van der Waals surface area contributed by atoms with Crippen LogP contribution < -0.4 is 5.56 Å². The van der Waals surface area contributed by atoms with E-state index in [4.69, 9.17) is 4.74 Å². The number of phenolic OH excluding ortho intramolecular Hbond substituents is 1. The molecule has 0 radical (unpaired) electrons. The van der Waals surface area contributed by atoms with Gasteiger partial charge in [0.25, 0.3) is 5.56 Å². The summed E-state index contributed by atoms with van der Waals surface area (Å²) in [5.74, 6) is 0.0819. The van der Waals surface area contributed by atoms with Gasteiger partial charge in [-0.05, 0) is 82.9 Å². The fourth-order valence-electron chi connectivity index (χ4n) is 4.87. The average molecular weight is 414 g/mol. The Hall–Kier alpha value is -2.57. The first-order valence-corrected chi connectivity index (χ1v) is 10.8. The second kappa shape index (κ2) is 7.60. The van der Waals surface area contributed by atoms with Gasteiger partial charge in [-0.15, -0.1) is 0 Å². The lowest BCUT2D eigenvalue weighted by molar-refractivity contribution is 0.00177. The van der Waals surface area contributed by atoms with Crippen molar-refractivity contribution in [3.63, 3.8) is 0 Å². The van der Waals surface area contributed by atoms with Gasteiger partial charge in [0.15, 0.2) is 0 Å². The Bertz CT molecular complexity index is 990. The van der Waals surface area contributed by atoms with Crippen molar-refractivity contribution in [3.05, 3.63) is 34.9 Å². The number of phenols is 1. The molecule has 1 aromatic carbocycles. The first-order chi connectivity index (χ1) is 14.2. The number of ether oxygens (including phenoxy) is 1. The van der Waals surface area contributed by atoms with Crippen LogP contribution in [0.5, 0.6) is 5.75 Å². The summed E-state index contributed by atoms with van der Waals surface area (Å²) in [5.41, 5.74) is 0.302. The fourth-order valence-corrected chi connectivity index (χ4v) is 4.87. The van der Waals surface area contributed by atoms with Crippen LogP contribution in [0.2, 0.25) is 0 Å². The molecule has 7 nitrogen and oxygen atoms in total. The van der Waals surface area contributed by atoms with Gasteiger partial charge in [-0.1, -0.05) is 0 Å². The number of nitrogens with zero attached hydrogens (tertiary/aromatic N) is 3. The summed E-state index contributed by atoms with van der Waals surface area (Å²) >= 11 is 0. The Morgan fingerprint density at radius 1 is 1.17 bits per heavy atom. The molecule has 2 aromatic rings. The van der Waals surface area contributed by atoms with E-state index in [0.29, 0.717) is 10.9 Å². The summed E-state index contributed by atoms with van der Waals surface area (Å²) in [6.07, 6.45) is 7.35. The van der Waals surface area contributed by atoms with Crippen LogP contribution in [0.1, 0.15) is 65.3 Å². The van der Waals surface area contributed by atoms with Crippen LogP contribution in [0.25, 0.3) is 10.9 Å². The van der Waals surface area contributed by atoms with E-state index in [1.807, 2.05) is 25.7 Å². The van der Waals surface area contributed by atoms with E-state index < -0.39 is 5.60 Å². The lowest BCUT2D eigenvalue weighted by atomic mass is 9.67. The first kappa shape index (κ1) is 20.7. The van der Waals surface area contributed by atoms with Gasteiger partial charge in [0.05, 0.1) is 17.2 Å². The van der Waals surface area contributed by atoms with E-state index in [9.17, 15) is 14.7 Å². The number of amides is 1. The monoisotopic (exact) mass is 413 g/mol. The van der Waals surface area contributed by atoms with Crippen LogP contribution in [-0.4, -0.2) is 44.3 Å². The molecule has 2 fully saturated rings. The minimum Gasteiger partial charge on any atom is -0.508 e. The van der Waals surface area contributed by atoms with Crippen LogP contribution in [0.3, 0.4) is 0 Å². The summed E-state index contributed by atoms with van der Waals surface area (Å²) in [5, 5.41) is 10.2. The van der Waals surface area contributed by atoms with Crippen molar-refractivity contribution >= 4 is 17.0 Å². The zero-order chi connectivity index (χ0) is 21.5. The van der Waals surface area contributed by atoms with Crippen LogP contribution in [-0.2, 0) is 4.74 Å². The van der Waals surface area contributed by atoms with Gasteiger partial charge in [0.1, 0.15) is 11.4 Å². The van der Waals surface area contributed by atoms with Crippen molar-refractivity contribution in [1.82, 2.24) is 14.5 Å². The Kier molecular flexibility index (Phi) is 5.24. The van der Waals surface area contributed by atoms with Gasteiger partial charge in [-0.25, -0.2) is 9.78 Å². The Morgan fingerprint density at radius 3 is 2.47 bits per heavy atom. The van der Waals surface area contributed by atoms with Crippen molar-refractivity contribution in [2.75, 3.05) is 13.1 Å². The quantitative estimate of drug-likeness (QED) is 0.756. The number of aromatic nitrogens is 2. The molecule has 0 bridgehead atoms. The van der Waals surface area contributed by atoms with Gasteiger partial charge in [-0.2, -0.15) is 0 Å². The molecule has 2 aliphatic rings. The maximum absolute atomic E-state index is 12.9. The van der Waals surface area contributed by atoms with Crippen LogP contribution in [0, 0.1) is 5.41 Å². The molecule has 1 spiro atoms. The molecule has 0 unspecified atom stereocenters. The molecule has 1 N–H and O–H groups in total. The van der Waals surface area contributed by atoms with E-state index in [0.717, 1.165) is 51.6 Å². The first-order valence-electron chi connectivity index (χ1n) is 10.8. The predicted molar refractivity (Wildman–Crippen MR) is 115 cm³/mol. The maximum Gasteiger partial charge on any atom is 0.410 e. The van der Waals surface area contributed by atoms with Crippen LogP contribution in [0.4, 0.5) is 4.79 Å². The van der Waals surface area contributed by atoms with E-state index in [2.05, 4.69) is 4.98 Å². The second-order valence-electron chi connectivity index (χ2n) is 9.86. The molecule has 1 saturated carbocycles. The number of benzene rings is 1. The van der Waals surface area contributed by atoms with Gasteiger partial charge >= 0.3 is 6.09 Å². The molecule has 1 saturated heterocycles. The van der Waals surface area contributed by atoms with Crippen molar-refractivity contribution < 1.29 is 14.6 Å². The van der Waals surface area contributed by atoms with Gasteiger partial charge in [0, 0.05) is 19.1 Å². The summed E-state index contributed by atoms with van der Waals surface area (Å²) in [4.78, 5) is 31.5. The van der Waals surface area contributed by atoms with E-state index in [1.54, 1.807) is 23.0 Å². The highest BCUT2D eigenvalue weighted by molar-refractivity contribution is 5.78. The standard InChI is InChI=1S/C23H31N3O4/c1-22(2,3)30-21(29)25-12-10-23(11-13-25)8-6-16(7-9-23)26-15-24-19-5-4-17(27)14-18(19)20(26)28/h4-5,14-16,27H,6-13H2,1-3H3. The van der Waals surface area contributed by atoms with Crippen LogP contribution in [0.15, 0.2) is 29.3 Å². The highest BCUT2D eigenvalue weighted by atomic mass is 16.6. The fraction of sp³-hybridized carbons (Fsp3) is 0.609. The zero-order valence-electron chi connectivity index (χ0n) is 18.1. The molecule has 1 amide bonds. The third-order valence-corrected chi connectivity index (χ3v) is 6.65. The number of aromatic hydroxyl groups is 1. The lowest BCUT2D eigenvalue weighted by Crippen LogP contribution is -2.46. The van der Waals surface area contributed by atoms with Gasteiger partial charge < -0.3 is 14.7 Å². The smallest absolute Gasteiger partial charge is 0.410 e. The summed E-state index contributed by atoms with van der Waals surface area (Å²) in [6, 6.07) is 4.85. The summed E-state index contributed by atoms with van der Waals surface area (Å²) < 4.78 is 7.25. The molecular weight excluding hydrogens is 382 g/mol. The molecule has 0 atom stereocenters. The average Bonchev–Trinajstić information content (AvgIpc) is 2.69. The predicted octanol–water partition coefficient (Wildman–Crippen LogP) is 4.23. The van der Waals surface area contributed by atoms with E-state index in [1.165, 1.54) is 6.07 Å². The SMILES string of the molecule is CC(C)(C)OC(=O)N1CCC2(CCC(n3cnc4ccc(O)cc4c3=O)CC2)CC1. The number of hydrogen-bond donors (Lipinski definition) is 1. The number of carbonyl (C=O) groups excluding carboxylic acids is 1. The zero-order valence-corrected chi connectivity index (χ0v) is 18.1. The number of rotatable bonds is 1. The molecule has 1 aromatic heterocycles. The lowest BCUT2D eigenvalue weighted by Gasteiger charge is -2.46. The molecule has 30 heavy (non-hydrogen) atoms. The topological polar surface area (TPSA) is 84.7 Å². The number of carbonyl (C=O) groups is 1. The van der Waals surface area contributed by atoms with Crippen molar-refractivity contribution in [3.8, 4) is 5.75 Å². The highest BCUT2D eigenvalue weighted by Gasteiger charge is 2.40. The second-order valence-corrected chi connectivity index (χ2v) is 9.86. The van der Waals surface area contributed by atoms with E-state index in [-0.39, 0.29) is 28.9 Å². The normalized spacial score (nSPS) is 19.9. The molecule has 1 aliphatic heterocycles. The molecule has 7 heteroatoms. The van der Waals surface area contributed by atoms with Crippen LogP contribution >= 0.6 is 0 Å². The minimum absolute atomic E-state index is 0.0819. The van der Waals surface area contributed by atoms with Crippen molar-refractivity contribution in [2.45, 2.75) is 70.9 Å². The third kappa shape index (κ3) is 4.16. The van der Waals surface area contributed by atoms with Crippen molar-refractivity contribution in [2.24, 2.45) is 5.41 Å².